The molecule has 0 saturated carbocycles. The van der Waals surface area contributed by atoms with Crippen molar-refractivity contribution in [3.8, 4) is 27.9 Å². The van der Waals surface area contributed by atoms with E-state index in [-0.39, 0.29) is 0 Å². The van der Waals surface area contributed by atoms with Crippen LogP contribution in [0.15, 0.2) is 218 Å². The number of para-hydroxylation sites is 1. The summed E-state index contributed by atoms with van der Waals surface area (Å²) in [6.45, 7) is 0. The summed E-state index contributed by atoms with van der Waals surface area (Å²) in [6, 6.07) is 79.4. The van der Waals surface area contributed by atoms with Crippen LogP contribution in [0.1, 0.15) is 0 Å². The zero-order valence-electron chi connectivity index (χ0n) is 30.7. The van der Waals surface area contributed by atoms with E-state index in [2.05, 4.69) is 228 Å². The molecule has 11 aromatic rings. The summed E-state index contributed by atoms with van der Waals surface area (Å²) in [5.74, 6) is 0. The molecule has 0 saturated heterocycles. The molecule has 0 aliphatic carbocycles. The zero-order valence-corrected chi connectivity index (χ0v) is 30.7. The van der Waals surface area contributed by atoms with Gasteiger partial charge >= 0.3 is 0 Å². The van der Waals surface area contributed by atoms with Gasteiger partial charge in [0.1, 0.15) is 0 Å². The Kier molecular flexibility index (Phi) is 7.53. The van der Waals surface area contributed by atoms with Crippen molar-refractivity contribution in [2.75, 3.05) is 4.90 Å². The maximum absolute atomic E-state index is 2.43. The smallest absolute Gasteiger partial charge is 0.0619 e. The predicted molar refractivity (Wildman–Crippen MR) is 239 cm³/mol. The highest BCUT2D eigenvalue weighted by molar-refractivity contribution is 6.18. The van der Waals surface area contributed by atoms with Gasteiger partial charge in [-0.05, 0) is 110 Å². The molecule has 0 aliphatic rings. The lowest BCUT2D eigenvalue weighted by atomic mass is 9.93. The van der Waals surface area contributed by atoms with Gasteiger partial charge in [0.25, 0.3) is 0 Å². The van der Waals surface area contributed by atoms with Gasteiger partial charge in [-0.1, -0.05) is 158 Å². The van der Waals surface area contributed by atoms with E-state index in [1.807, 2.05) is 0 Å². The van der Waals surface area contributed by atoms with Crippen molar-refractivity contribution >= 4 is 71.2 Å². The number of nitrogens with zero attached hydrogens (tertiary/aromatic N) is 2. The van der Waals surface area contributed by atoms with Gasteiger partial charge in [0, 0.05) is 38.9 Å². The number of benzene rings is 10. The first-order valence-electron chi connectivity index (χ1n) is 19.3. The number of rotatable bonds is 6. The molecule has 0 fully saturated rings. The van der Waals surface area contributed by atoms with E-state index in [1.54, 1.807) is 0 Å². The minimum atomic E-state index is 1.09. The first kappa shape index (κ1) is 32.0. The fourth-order valence-electron chi connectivity index (χ4n) is 8.73. The van der Waals surface area contributed by atoms with Crippen molar-refractivity contribution in [1.82, 2.24) is 4.57 Å². The lowest BCUT2D eigenvalue weighted by Crippen LogP contribution is -2.10. The average molecular weight is 713 g/mol. The molecule has 1 aromatic heterocycles. The van der Waals surface area contributed by atoms with Crippen molar-refractivity contribution in [2.24, 2.45) is 0 Å². The minimum absolute atomic E-state index is 1.09. The van der Waals surface area contributed by atoms with E-state index in [0.29, 0.717) is 0 Å². The number of aromatic nitrogens is 1. The SMILES string of the molecule is c1ccc(-c2cccc(N(c3ccc(-c4cc5ccccc5c5ccccc45)cc3)c3ccc(-n4c5ccccc5c5ccc6ccccc6c54)cc3)c2)cc1. The summed E-state index contributed by atoms with van der Waals surface area (Å²) < 4.78 is 2.43. The molecular formula is C54H36N2. The molecule has 0 unspecified atom stereocenters. The van der Waals surface area contributed by atoms with E-state index < -0.39 is 0 Å². The van der Waals surface area contributed by atoms with Crippen LogP contribution in [-0.2, 0) is 0 Å². The summed E-state index contributed by atoms with van der Waals surface area (Å²) in [4.78, 5) is 2.37. The van der Waals surface area contributed by atoms with Crippen LogP contribution in [0.2, 0.25) is 0 Å². The van der Waals surface area contributed by atoms with Gasteiger partial charge in [0.2, 0.25) is 0 Å². The Labute approximate surface area is 325 Å². The highest BCUT2D eigenvalue weighted by Gasteiger charge is 2.18. The summed E-state index contributed by atoms with van der Waals surface area (Å²) in [5, 5.41) is 10.1. The molecule has 1 heterocycles. The van der Waals surface area contributed by atoms with Gasteiger partial charge in [0.05, 0.1) is 11.0 Å². The second-order valence-corrected chi connectivity index (χ2v) is 14.5. The monoisotopic (exact) mass is 712 g/mol. The average Bonchev–Trinajstić information content (AvgIpc) is 3.62. The summed E-state index contributed by atoms with van der Waals surface area (Å²) in [6.07, 6.45) is 0. The maximum atomic E-state index is 2.43. The fourth-order valence-corrected chi connectivity index (χ4v) is 8.73. The number of hydrogen-bond donors (Lipinski definition) is 0. The summed E-state index contributed by atoms with van der Waals surface area (Å²) in [5.41, 5.74) is 11.7. The largest absolute Gasteiger partial charge is 0.310 e. The third-order valence-electron chi connectivity index (χ3n) is 11.3. The lowest BCUT2D eigenvalue weighted by molar-refractivity contribution is 1.18. The van der Waals surface area contributed by atoms with Gasteiger partial charge in [-0.3, -0.25) is 0 Å². The van der Waals surface area contributed by atoms with Crippen molar-refractivity contribution in [3.63, 3.8) is 0 Å². The van der Waals surface area contributed by atoms with E-state index in [0.717, 1.165) is 22.7 Å². The third kappa shape index (κ3) is 5.26. The second-order valence-electron chi connectivity index (χ2n) is 14.5. The molecular weight excluding hydrogens is 677 g/mol. The molecule has 0 radical (unpaired) electrons. The lowest BCUT2D eigenvalue weighted by Gasteiger charge is -2.26. The van der Waals surface area contributed by atoms with Crippen LogP contribution < -0.4 is 4.90 Å². The molecule has 56 heavy (non-hydrogen) atoms. The summed E-state index contributed by atoms with van der Waals surface area (Å²) in [7, 11) is 0. The molecule has 0 atom stereocenters. The molecule has 0 N–H and O–H groups in total. The Morgan fingerprint density at radius 2 is 0.911 bits per heavy atom. The van der Waals surface area contributed by atoms with Crippen molar-refractivity contribution in [1.29, 1.82) is 0 Å². The summed E-state index contributed by atoms with van der Waals surface area (Å²) >= 11 is 0. The van der Waals surface area contributed by atoms with Crippen LogP contribution in [0.5, 0.6) is 0 Å². The van der Waals surface area contributed by atoms with Crippen LogP contribution in [0.25, 0.3) is 82.1 Å². The van der Waals surface area contributed by atoms with Gasteiger partial charge in [-0.25, -0.2) is 0 Å². The van der Waals surface area contributed by atoms with Gasteiger partial charge in [-0.2, -0.15) is 0 Å². The van der Waals surface area contributed by atoms with Crippen molar-refractivity contribution in [3.05, 3.63) is 218 Å². The molecule has 0 bridgehead atoms. The molecule has 0 spiro atoms. The van der Waals surface area contributed by atoms with E-state index in [9.17, 15) is 0 Å². The Bertz CT molecular complexity index is 3230. The number of anilines is 3. The van der Waals surface area contributed by atoms with Crippen molar-refractivity contribution in [2.45, 2.75) is 0 Å². The molecule has 10 aromatic carbocycles. The highest BCUT2D eigenvalue weighted by Crippen LogP contribution is 2.41. The topological polar surface area (TPSA) is 8.17 Å². The quantitative estimate of drug-likeness (QED) is 0.156. The Morgan fingerprint density at radius 3 is 1.70 bits per heavy atom. The first-order valence-corrected chi connectivity index (χ1v) is 19.3. The number of fused-ring (bicyclic) bond motifs is 8. The van der Waals surface area contributed by atoms with E-state index >= 15 is 0 Å². The molecule has 2 heteroatoms. The normalized spacial score (nSPS) is 11.6. The van der Waals surface area contributed by atoms with Gasteiger partial charge in [0.15, 0.2) is 0 Å². The van der Waals surface area contributed by atoms with Crippen molar-refractivity contribution < 1.29 is 0 Å². The number of hydrogen-bond acceptors (Lipinski definition) is 1. The Balaban J connectivity index is 1.06. The van der Waals surface area contributed by atoms with E-state index in [1.165, 1.54) is 76.4 Å². The maximum Gasteiger partial charge on any atom is 0.0619 e. The van der Waals surface area contributed by atoms with E-state index in [4.69, 9.17) is 0 Å². The third-order valence-corrected chi connectivity index (χ3v) is 11.3. The van der Waals surface area contributed by atoms with Crippen LogP contribution >= 0.6 is 0 Å². The standard InChI is InChI=1S/C54H36N2/c1-2-13-37(14-3-1)40-17-12-18-45(35-40)55(42-28-25-39(26-29-42)52-36-41-16-5-6-19-46(41)48-21-8-9-22-49(48)52)43-30-32-44(33-31-43)56-53-24-11-10-23-50(53)51-34-27-38-15-4-7-20-47(38)54(51)56/h1-36H. The zero-order chi connectivity index (χ0) is 37.0. The Hall–Kier alpha value is -7.42. The van der Waals surface area contributed by atoms with Crippen LogP contribution in [0, 0.1) is 0 Å². The van der Waals surface area contributed by atoms with Crippen LogP contribution in [0.3, 0.4) is 0 Å². The molecule has 262 valence electrons. The van der Waals surface area contributed by atoms with Crippen LogP contribution in [-0.4, -0.2) is 4.57 Å². The van der Waals surface area contributed by atoms with Crippen LogP contribution in [0.4, 0.5) is 17.1 Å². The highest BCUT2D eigenvalue weighted by atomic mass is 15.1. The fraction of sp³-hybridized carbons (Fsp3) is 0. The second kappa shape index (κ2) is 13.2. The van der Waals surface area contributed by atoms with Gasteiger partial charge < -0.3 is 9.47 Å². The first-order chi connectivity index (χ1) is 27.8. The molecule has 0 amide bonds. The van der Waals surface area contributed by atoms with Gasteiger partial charge in [-0.15, -0.1) is 0 Å². The molecule has 2 nitrogen and oxygen atoms in total. The Morgan fingerprint density at radius 1 is 0.304 bits per heavy atom. The predicted octanol–water partition coefficient (Wildman–Crippen LogP) is 15.0. The molecule has 0 aliphatic heterocycles. The minimum Gasteiger partial charge on any atom is -0.310 e. The molecule has 11 rings (SSSR count).